The molecular weight excluding hydrogens is 208 g/mol. The van der Waals surface area contributed by atoms with E-state index in [-0.39, 0.29) is 6.61 Å². The number of aliphatic hydroxyl groups is 1. The second-order valence-electron chi connectivity index (χ2n) is 4.85. The molecule has 2 bridgehead atoms. The molecule has 1 nitrogen and oxygen atoms in total. The van der Waals surface area contributed by atoms with Gasteiger partial charge in [0.1, 0.15) is 0 Å². The van der Waals surface area contributed by atoms with E-state index >= 15 is 0 Å². The summed E-state index contributed by atoms with van der Waals surface area (Å²) in [5.74, 6) is 1.41. The molecule has 80 valence electrons. The first-order valence-corrected chi connectivity index (χ1v) is 6.02. The van der Waals surface area contributed by atoms with E-state index in [9.17, 15) is 5.11 Å². The first-order chi connectivity index (χ1) is 7.22. The zero-order valence-electron chi connectivity index (χ0n) is 8.89. The molecule has 0 aliphatic heterocycles. The molecule has 15 heavy (non-hydrogen) atoms. The maximum atomic E-state index is 9.45. The van der Waals surface area contributed by atoms with Gasteiger partial charge in [-0.2, -0.15) is 0 Å². The van der Waals surface area contributed by atoms with Crippen molar-refractivity contribution in [2.45, 2.75) is 44.6 Å². The van der Waals surface area contributed by atoms with Crippen LogP contribution in [0.2, 0.25) is 5.02 Å². The van der Waals surface area contributed by atoms with Gasteiger partial charge in [-0.25, -0.2) is 0 Å². The number of halogens is 1. The second-order valence-corrected chi connectivity index (χ2v) is 5.23. The third-order valence-corrected chi connectivity index (χ3v) is 4.58. The molecule has 0 aromatic heterocycles. The summed E-state index contributed by atoms with van der Waals surface area (Å²) in [4.78, 5) is 0. The van der Waals surface area contributed by atoms with Crippen molar-refractivity contribution in [1.29, 1.82) is 0 Å². The highest BCUT2D eigenvalue weighted by Crippen LogP contribution is 2.55. The lowest BCUT2D eigenvalue weighted by Gasteiger charge is -2.20. The van der Waals surface area contributed by atoms with Crippen LogP contribution in [0.25, 0.3) is 0 Å². The number of rotatable bonds is 1. The monoisotopic (exact) mass is 222 g/mol. The van der Waals surface area contributed by atoms with E-state index in [0.717, 1.165) is 22.1 Å². The first-order valence-electron chi connectivity index (χ1n) is 5.65. The van der Waals surface area contributed by atoms with Crippen molar-refractivity contribution in [2.75, 3.05) is 0 Å². The van der Waals surface area contributed by atoms with Gasteiger partial charge in [-0.05, 0) is 54.7 Å². The summed E-state index contributed by atoms with van der Waals surface area (Å²) >= 11 is 6.25. The molecule has 1 saturated carbocycles. The Hall–Kier alpha value is -0.530. The van der Waals surface area contributed by atoms with E-state index in [2.05, 4.69) is 6.07 Å². The van der Waals surface area contributed by atoms with Crippen LogP contribution in [-0.4, -0.2) is 5.11 Å². The highest BCUT2D eigenvalue weighted by molar-refractivity contribution is 6.32. The maximum Gasteiger partial charge on any atom is 0.0699 e. The average Bonchev–Trinajstić information content (AvgIpc) is 2.80. The Morgan fingerprint density at radius 3 is 2.87 bits per heavy atom. The van der Waals surface area contributed by atoms with Gasteiger partial charge in [-0.1, -0.05) is 17.7 Å². The number of hydrogen-bond acceptors (Lipinski definition) is 1. The van der Waals surface area contributed by atoms with Gasteiger partial charge in [0.15, 0.2) is 0 Å². The molecule has 1 N–H and O–H groups in total. The van der Waals surface area contributed by atoms with E-state index < -0.39 is 0 Å². The van der Waals surface area contributed by atoms with Crippen molar-refractivity contribution < 1.29 is 5.11 Å². The van der Waals surface area contributed by atoms with E-state index in [1.165, 1.54) is 30.4 Å². The van der Waals surface area contributed by atoms with E-state index in [1.807, 2.05) is 6.92 Å². The fraction of sp³-hybridized carbons (Fsp3) is 0.538. The number of aliphatic hydroxyl groups excluding tert-OH is 1. The summed E-state index contributed by atoms with van der Waals surface area (Å²) in [6.45, 7) is 2.12. The molecule has 0 radical (unpaired) electrons. The van der Waals surface area contributed by atoms with E-state index in [4.69, 9.17) is 11.6 Å². The lowest BCUT2D eigenvalue weighted by molar-refractivity contribution is 0.280. The van der Waals surface area contributed by atoms with Crippen LogP contribution in [0, 0.1) is 6.92 Å². The molecule has 0 saturated heterocycles. The Morgan fingerprint density at radius 2 is 2.13 bits per heavy atom. The summed E-state index contributed by atoms with van der Waals surface area (Å²) in [6, 6.07) is 2.24. The molecular formula is C13H15ClO. The zero-order valence-corrected chi connectivity index (χ0v) is 9.64. The molecule has 1 fully saturated rings. The van der Waals surface area contributed by atoms with E-state index in [0.29, 0.717) is 5.92 Å². The van der Waals surface area contributed by atoms with Crippen LogP contribution >= 0.6 is 11.6 Å². The third kappa shape index (κ3) is 1.20. The lowest BCUT2D eigenvalue weighted by Crippen LogP contribution is -2.05. The summed E-state index contributed by atoms with van der Waals surface area (Å²) < 4.78 is 0. The van der Waals surface area contributed by atoms with Crippen molar-refractivity contribution in [2.24, 2.45) is 0 Å². The SMILES string of the molecule is Cc1cc2c(c(CO)c1Cl)C1CCC2C1. The van der Waals surface area contributed by atoms with Crippen molar-refractivity contribution in [3.05, 3.63) is 33.3 Å². The van der Waals surface area contributed by atoms with Crippen LogP contribution in [0.4, 0.5) is 0 Å². The summed E-state index contributed by atoms with van der Waals surface area (Å²) in [7, 11) is 0. The van der Waals surface area contributed by atoms with Crippen LogP contribution in [0.15, 0.2) is 6.07 Å². The average molecular weight is 223 g/mol. The Balaban J connectivity index is 2.27. The third-order valence-electron chi connectivity index (χ3n) is 4.06. The van der Waals surface area contributed by atoms with Gasteiger partial charge in [0.25, 0.3) is 0 Å². The zero-order chi connectivity index (χ0) is 10.6. The predicted octanol–water partition coefficient (Wildman–Crippen LogP) is 3.51. The van der Waals surface area contributed by atoms with Crippen LogP contribution in [0.1, 0.15) is 53.4 Å². The van der Waals surface area contributed by atoms with Crippen molar-refractivity contribution in [3.63, 3.8) is 0 Å². The maximum absolute atomic E-state index is 9.45. The molecule has 2 aliphatic carbocycles. The van der Waals surface area contributed by atoms with E-state index in [1.54, 1.807) is 0 Å². The van der Waals surface area contributed by atoms with Crippen LogP contribution in [0.5, 0.6) is 0 Å². The van der Waals surface area contributed by atoms with Gasteiger partial charge in [0.2, 0.25) is 0 Å². The topological polar surface area (TPSA) is 20.2 Å². The minimum atomic E-state index is 0.0894. The van der Waals surface area contributed by atoms with Crippen LogP contribution in [0.3, 0.4) is 0 Å². The van der Waals surface area contributed by atoms with Gasteiger partial charge in [-0.3, -0.25) is 0 Å². The van der Waals surface area contributed by atoms with Crippen LogP contribution in [-0.2, 0) is 6.61 Å². The highest BCUT2D eigenvalue weighted by atomic mass is 35.5. The smallest absolute Gasteiger partial charge is 0.0699 e. The van der Waals surface area contributed by atoms with Gasteiger partial charge < -0.3 is 5.11 Å². The normalized spacial score (nSPS) is 27.1. The minimum Gasteiger partial charge on any atom is -0.392 e. The number of benzene rings is 1. The molecule has 2 aliphatic rings. The fourth-order valence-corrected chi connectivity index (χ4v) is 3.62. The molecule has 2 heteroatoms. The van der Waals surface area contributed by atoms with Gasteiger partial charge >= 0.3 is 0 Å². The molecule has 0 heterocycles. The Bertz CT molecular complexity index is 425. The van der Waals surface area contributed by atoms with Gasteiger partial charge in [0.05, 0.1) is 6.61 Å². The second kappa shape index (κ2) is 3.23. The summed E-state index contributed by atoms with van der Waals surface area (Å²) in [5, 5.41) is 10.2. The highest BCUT2D eigenvalue weighted by Gasteiger charge is 2.39. The van der Waals surface area contributed by atoms with Crippen molar-refractivity contribution in [3.8, 4) is 0 Å². The molecule has 2 unspecified atom stereocenters. The van der Waals surface area contributed by atoms with Crippen molar-refractivity contribution in [1.82, 2.24) is 0 Å². The Kier molecular flexibility index (Phi) is 2.08. The number of aryl methyl sites for hydroxylation is 1. The lowest BCUT2D eigenvalue weighted by atomic mass is 9.87. The molecule has 3 rings (SSSR count). The summed E-state index contributed by atoms with van der Waals surface area (Å²) in [5.41, 5.74) is 4.97. The first kappa shape index (κ1) is 9.68. The number of fused-ring (bicyclic) bond motifs is 5. The Morgan fingerprint density at radius 1 is 1.40 bits per heavy atom. The molecule has 1 aromatic rings. The molecule has 0 amide bonds. The largest absolute Gasteiger partial charge is 0.392 e. The summed E-state index contributed by atoms with van der Waals surface area (Å²) in [6.07, 6.45) is 3.88. The molecule has 0 spiro atoms. The van der Waals surface area contributed by atoms with Gasteiger partial charge in [-0.15, -0.1) is 0 Å². The molecule has 2 atom stereocenters. The number of hydrogen-bond donors (Lipinski definition) is 1. The Labute approximate surface area is 95.1 Å². The standard InChI is InChI=1S/C13H15ClO/c1-7-4-10-8-2-3-9(5-8)12(10)11(6-15)13(7)14/h4,8-9,15H,2-3,5-6H2,1H3. The predicted molar refractivity (Wildman–Crippen MR) is 61.4 cm³/mol. The fourth-order valence-electron chi connectivity index (χ4n) is 3.41. The quantitative estimate of drug-likeness (QED) is 0.771. The van der Waals surface area contributed by atoms with Crippen molar-refractivity contribution >= 4 is 11.6 Å². The molecule has 1 aromatic carbocycles. The van der Waals surface area contributed by atoms with Gasteiger partial charge in [0, 0.05) is 10.6 Å². The minimum absolute atomic E-state index is 0.0894. The van der Waals surface area contributed by atoms with Crippen LogP contribution < -0.4 is 0 Å².